The lowest BCUT2D eigenvalue weighted by atomic mass is 10.0. The van der Waals surface area contributed by atoms with Crippen molar-refractivity contribution in [1.29, 1.82) is 0 Å². The van der Waals surface area contributed by atoms with Gasteiger partial charge in [0.25, 0.3) is 0 Å². The number of benzene rings is 2. The van der Waals surface area contributed by atoms with E-state index in [1.165, 1.54) is 5.56 Å². The number of hydrogen-bond acceptors (Lipinski definition) is 2. The summed E-state index contributed by atoms with van der Waals surface area (Å²) in [5.41, 5.74) is 3.30. The van der Waals surface area contributed by atoms with Crippen LogP contribution in [0, 0.1) is 6.92 Å². The first kappa shape index (κ1) is 16.8. The van der Waals surface area contributed by atoms with E-state index in [9.17, 15) is 4.79 Å². The maximum absolute atomic E-state index is 12.1. The molecule has 120 valence electrons. The first-order chi connectivity index (χ1) is 11.1. The Labute approximate surface area is 138 Å². The van der Waals surface area contributed by atoms with Gasteiger partial charge in [-0.25, -0.2) is 0 Å². The van der Waals surface area contributed by atoms with Gasteiger partial charge in [0, 0.05) is 6.08 Å². The number of carbonyl (C=O) groups excluding carboxylic acids is 1. The molecule has 1 N–H and O–H groups in total. The molecule has 0 saturated heterocycles. The van der Waals surface area contributed by atoms with E-state index >= 15 is 0 Å². The quantitative estimate of drug-likeness (QED) is 0.809. The molecule has 23 heavy (non-hydrogen) atoms. The Morgan fingerprint density at radius 2 is 1.78 bits per heavy atom. The van der Waals surface area contributed by atoms with Crippen molar-refractivity contribution >= 4 is 12.0 Å². The van der Waals surface area contributed by atoms with Crippen LogP contribution >= 0.6 is 0 Å². The Bertz CT molecular complexity index is 657. The normalized spacial score (nSPS) is 12.1. The van der Waals surface area contributed by atoms with Crippen molar-refractivity contribution in [3.63, 3.8) is 0 Å². The van der Waals surface area contributed by atoms with Gasteiger partial charge in [0.15, 0.2) is 0 Å². The summed E-state index contributed by atoms with van der Waals surface area (Å²) < 4.78 is 5.16. The summed E-state index contributed by atoms with van der Waals surface area (Å²) >= 11 is 0. The van der Waals surface area contributed by atoms with E-state index in [1.54, 1.807) is 13.2 Å². The van der Waals surface area contributed by atoms with E-state index in [4.69, 9.17) is 4.74 Å². The summed E-state index contributed by atoms with van der Waals surface area (Å²) in [7, 11) is 1.64. The van der Waals surface area contributed by atoms with Gasteiger partial charge in [-0.3, -0.25) is 4.79 Å². The average Bonchev–Trinajstić information content (AvgIpc) is 2.59. The smallest absolute Gasteiger partial charge is 0.244 e. The Balaban J connectivity index is 1.99. The number of rotatable bonds is 6. The van der Waals surface area contributed by atoms with Crippen LogP contribution < -0.4 is 10.1 Å². The topological polar surface area (TPSA) is 38.3 Å². The van der Waals surface area contributed by atoms with Crippen molar-refractivity contribution in [1.82, 2.24) is 5.32 Å². The molecule has 0 aliphatic heterocycles. The van der Waals surface area contributed by atoms with Gasteiger partial charge < -0.3 is 10.1 Å². The molecule has 0 fully saturated rings. The molecule has 0 radical (unpaired) electrons. The molecule has 3 nitrogen and oxygen atoms in total. The summed E-state index contributed by atoms with van der Waals surface area (Å²) in [4.78, 5) is 12.1. The molecule has 2 rings (SSSR count). The van der Waals surface area contributed by atoms with Crippen molar-refractivity contribution in [3.05, 3.63) is 71.3 Å². The van der Waals surface area contributed by atoms with E-state index < -0.39 is 0 Å². The minimum Gasteiger partial charge on any atom is -0.497 e. The van der Waals surface area contributed by atoms with Gasteiger partial charge in [-0.15, -0.1) is 0 Å². The van der Waals surface area contributed by atoms with Crippen molar-refractivity contribution in [2.75, 3.05) is 7.11 Å². The van der Waals surface area contributed by atoms with Crippen LogP contribution in [0.2, 0.25) is 0 Å². The largest absolute Gasteiger partial charge is 0.497 e. The summed E-state index contributed by atoms with van der Waals surface area (Å²) in [6, 6.07) is 15.8. The molecule has 1 unspecified atom stereocenters. The number of nitrogens with one attached hydrogen (secondary N) is 1. The van der Waals surface area contributed by atoms with Crippen LogP contribution in [0.3, 0.4) is 0 Å². The fraction of sp³-hybridized carbons (Fsp3) is 0.250. The van der Waals surface area contributed by atoms with E-state index in [0.29, 0.717) is 0 Å². The first-order valence-corrected chi connectivity index (χ1v) is 7.81. The second-order valence-electron chi connectivity index (χ2n) is 5.49. The standard InChI is InChI=1S/C20H23NO2/c1-4-19(17-10-12-18(23-3)13-11-17)21-20(22)14-9-16-7-5-15(2)6-8-16/h5-14,19H,4H2,1-3H3,(H,21,22)/b14-9+. The lowest BCUT2D eigenvalue weighted by Crippen LogP contribution is -2.26. The van der Waals surface area contributed by atoms with Crippen molar-refractivity contribution in [2.45, 2.75) is 26.3 Å². The molecule has 0 aliphatic rings. The van der Waals surface area contributed by atoms with Gasteiger partial charge in [-0.05, 0) is 42.7 Å². The highest BCUT2D eigenvalue weighted by atomic mass is 16.5. The van der Waals surface area contributed by atoms with Crippen molar-refractivity contribution < 1.29 is 9.53 Å². The molecule has 2 aromatic carbocycles. The minimum atomic E-state index is -0.0896. The molecular weight excluding hydrogens is 286 g/mol. The lowest BCUT2D eigenvalue weighted by Gasteiger charge is -2.16. The number of methoxy groups -OCH3 is 1. The second kappa shape index (κ2) is 8.18. The highest BCUT2D eigenvalue weighted by molar-refractivity contribution is 5.92. The van der Waals surface area contributed by atoms with Crippen LogP contribution in [-0.2, 0) is 4.79 Å². The molecule has 0 heterocycles. The van der Waals surface area contributed by atoms with E-state index in [1.807, 2.05) is 61.5 Å². The fourth-order valence-corrected chi connectivity index (χ4v) is 2.33. The summed E-state index contributed by atoms with van der Waals surface area (Å²) in [6.07, 6.45) is 4.24. The molecule has 0 saturated carbocycles. The molecular formula is C20H23NO2. The first-order valence-electron chi connectivity index (χ1n) is 7.81. The van der Waals surface area contributed by atoms with Crippen LogP contribution in [0.4, 0.5) is 0 Å². The zero-order valence-electron chi connectivity index (χ0n) is 13.9. The van der Waals surface area contributed by atoms with E-state index in [-0.39, 0.29) is 11.9 Å². The molecule has 0 aromatic heterocycles. The van der Waals surface area contributed by atoms with Gasteiger partial charge in [0.1, 0.15) is 5.75 Å². The molecule has 2 aromatic rings. The van der Waals surface area contributed by atoms with Gasteiger partial charge >= 0.3 is 0 Å². The molecule has 0 aliphatic carbocycles. The van der Waals surface area contributed by atoms with Crippen LogP contribution in [-0.4, -0.2) is 13.0 Å². The van der Waals surface area contributed by atoms with Crippen LogP contribution in [0.5, 0.6) is 5.75 Å². The zero-order valence-corrected chi connectivity index (χ0v) is 13.9. The number of carbonyl (C=O) groups is 1. The van der Waals surface area contributed by atoms with E-state index in [2.05, 4.69) is 12.2 Å². The monoisotopic (exact) mass is 309 g/mol. The maximum atomic E-state index is 12.1. The highest BCUT2D eigenvalue weighted by Gasteiger charge is 2.11. The van der Waals surface area contributed by atoms with Crippen LogP contribution in [0.15, 0.2) is 54.6 Å². The Kier molecular flexibility index (Phi) is 5.98. The molecule has 0 bridgehead atoms. The SMILES string of the molecule is CCC(NC(=O)/C=C/c1ccc(C)cc1)c1ccc(OC)cc1. The molecule has 1 amide bonds. The van der Waals surface area contributed by atoms with Crippen molar-refractivity contribution in [2.24, 2.45) is 0 Å². The minimum absolute atomic E-state index is 0.00364. The predicted molar refractivity (Wildman–Crippen MR) is 94.4 cm³/mol. The zero-order chi connectivity index (χ0) is 16.7. The summed E-state index contributed by atoms with van der Waals surface area (Å²) in [5, 5.41) is 3.04. The van der Waals surface area contributed by atoms with Crippen LogP contribution in [0.1, 0.15) is 36.1 Å². The third-order valence-electron chi connectivity index (χ3n) is 3.75. The summed E-state index contributed by atoms with van der Waals surface area (Å²) in [5.74, 6) is 0.724. The van der Waals surface area contributed by atoms with Gasteiger partial charge in [-0.2, -0.15) is 0 Å². The van der Waals surface area contributed by atoms with Crippen molar-refractivity contribution in [3.8, 4) is 5.75 Å². The predicted octanol–water partition coefficient (Wildman–Crippen LogP) is 4.28. The summed E-state index contributed by atoms with van der Waals surface area (Å²) in [6.45, 7) is 4.10. The average molecular weight is 309 g/mol. The number of ether oxygens (including phenoxy) is 1. The Morgan fingerprint density at radius 1 is 1.13 bits per heavy atom. The lowest BCUT2D eigenvalue weighted by molar-refractivity contribution is -0.117. The maximum Gasteiger partial charge on any atom is 0.244 e. The Morgan fingerprint density at radius 3 is 2.35 bits per heavy atom. The molecule has 1 atom stereocenters. The number of aryl methyl sites for hydroxylation is 1. The second-order valence-corrected chi connectivity index (χ2v) is 5.49. The van der Waals surface area contributed by atoms with E-state index in [0.717, 1.165) is 23.3 Å². The number of hydrogen-bond donors (Lipinski definition) is 1. The molecule has 0 spiro atoms. The van der Waals surface area contributed by atoms with Crippen LogP contribution in [0.25, 0.3) is 6.08 Å². The highest BCUT2D eigenvalue weighted by Crippen LogP contribution is 2.20. The van der Waals surface area contributed by atoms with Gasteiger partial charge in [0.2, 0.25) is 5.91 Å². The van der Waals surface area contributed by atoms with Gasteiger partial charge in [-0.1, -0.05) is 48.9 Å². The third kappa shape index (κ3) is 4.99. The molecule has 3 heteroatoms. The third-order valence-corrected chi connectivity index (χ3v) is 3.75. The van der Waals surface area contributed by atoms with Gasteiger partial charge in [0.05, 0.1) is 13.2 Å². The Hall–Kier alpha value is -2.55. The fourth-order valence-electron chi connectivity index (χ4n) is 2.33. The number of amides is 1.